The van der Waals surface area contributed by atoms with Crippen LogP contribution in [0, 0.1) is 18.7 Å². The summed E-state index contributed by atoms with van der Waals surface area (Å²) >= 11 is 0. The molecule has 224 valence electrons. The van der Waals surface area contributed by atoms with Gasteiger partial charge in [0.2, 0.25) is 11.5 Å². The maximum atomic E-state index is 15.3. The van der Waals surface area contributed by atoms with Gasteiger partial charge in [0.15, 0.2) is 0 Å². The van der Waals surface area contributed by atoms with Gasteiger partial charge < -0.3 is 14.9 Å². The van der Waals surface area contributed by atoms with Gasteiger partial charge in [-0.1, -0.05) is 18.2 Å². The SMILES string of the molecule is Cc1cc(-c2cc(O)ncc2F)c(CN(C(C)C)C(C)C)cc1C(=O)Oc1cccc(C(C2CC2)C(C)(F)C(=O)O)c1. The summed E-state index contributed by atoms with van der Waals surface area (Å²) in [6.45, 7) is 11.4. The molecule has 1 fully saturated rings. The quantitative estimate of drug-likeness (QED) is 0.185. The van der Waals surface area contributed by atoms with Gasteiger partial charge in [-0.25, -0.2) is 23.4 Å². The smallest absolute Gasteiger partial charge is 0.343 e. The third-order valence-electron chi connectivity index (χ3n) is 8.00. The van der Waals surface area contributed by atoms with Crippen LogP contribution in [0.1, 0.15) is 80.4 Å². The lowest BCUT2D eigenvalue weighted by Gasteiger charge is -2.31. The second-order valence-electron chi connectivity index (χ2n) is 11.9. The van der Waals surface area contributed by atoms with Crippen LogP contribution in [0.4, 0.5) is 8.78 Å². The van der Waals surface area contributed by atoms with Gasteiger partial charge in [-0.15, -0.1) is 0 Å². The van der Waals surface area contributed by atoms with Gasteiger partial charge in [0, 0.05) is 36.2 Å². The Morgan fingerprint density at radius 2 is 1.76 bits per heavy atom. The molecular weight excluding hydrogens is 542 g/mol. The lowest BCUT2D eigenvalue weighted by Crippen LogP contribution is -2.38. The number of hydrogen-bond acceptors (Lipinski definition) is 6. The van der Waals surface area contributed by atoms with Crippen molar-refractivity contribution in [3.05, 3.63) is 76.7 Å². The Balaban J connectivity index is 1.72. The number of carbonyl (C=O) groups excluding carboxylic acids is 1. The summed E-state index contributed by atoms with van der Waals surface area (Å²) in [5.74, 6) is -3.90. The highest BCUT2D eigenvalue weighted by molar-refractivity contribution is 5.94. The number of ether oxygens (including phenoxy) is 1. The summed E-state index contributed by atoms with van der Waals surface area (Å²) in [5, 5.41) is 19.5. The number of nitrogens with zero attached hydrogens (tertiary/aromatic N) is 2. The van der Waals surface area contributed by atoms with Gasteiger partial charge in [0.25, 0.3) is 0 Å². The number of carboxylic acids is 1. The normalized spacial score (nSPS) is 15.6. The minimum absolute atomic E-state index is 0.0997. The van der Waals surface area contributed by atoms with Crippen molar-refractivity contribution in [3.8, 4) is 22.8 Å². The molecule has 0 aliphatic heterocycles. The fraction of sp³-hybridized carbons (Fsp3) is 0.424. The van der Waals surface area contributed by atoms with Crippen LogP contribution in [0.5, 0.6) is 11.6 Å². The molecule has 2 unspecified atom stereocenters. The first-order valence-electron chi connectivity index (χ1n) is 14.2. The summed E-state index contributed by atoms with van der Waals surface area (Å²) in [6.07, 6.45) is 2.42. The van der Waals surface area contributed by atoms with Crippen LogP contribution in [0.3, 0.4) is 0 Å². The zero-order valence-electron chi connectivity index (χ0n) is 24.8. The minimum atomic E-state index is -2.47. The van der Waals surface area contributed by atoms with E-state index in [4.69, 9.17) is 4.74 Å². The molecule has 7 nitrogen and oxygen atoms in total. The molecule has 9 heteroatoms. The number of aliphatic carboxylic acids is 1. The Hall–Kier alpha value is -3.85. The van der Waals surface area contributed by atoms with Gasteiger partial charge >= 0.3 is 11.9 Å². The molecule has 1 aromatic heterocycles. The molecule has 2 N–H and O–H groups in total. The number of carbonyl (C=O) groups is 2. The standard InChI is InChI=1S/C33H38F2N2O5/c1-18(2)37(19(3)4)17-23-14-25(20(5)12-26(23)27-15-29(38)36-16-28(27)34)31(39)42-24-9-7-8-22(13-24)30(21-10-11-21)33(6,35)32(40)41/h7-9,12-16,18-19,21,30H,10-11,17H2,1-6H3,(H,36,38)(H,40,41). The van der Waals surface area contributed by atoms with Crippen molar-refractivity contribution in [3.63, 3.8) is 0 Å². The number of esters is 1. The van der Waals surface area contributed by atoms with Crippen LogP contribution in [0.25, 0.3) is 11.1 Å². The van der Waals surface area contributed by atoms with Crippen LogP contribution in [0.2, 0.25) is 0 Å². The first kappa shape index (κ1) is 31.1. The molecular formula is C33H38F2N2O5. The molecule has 4 rings (SSSR count). The predicted octanol–water partition coefficient (Wildman–Crippen LogP) is 7.05. The van der Waals surface area contributed by atoms with Crippen molar-refractivity contribution in [2.45, 2.75) is 84.6 Å². The highest BCUT2D eigenvalue weighted by atomic mass is 19.1. The first-order chi connectivity index (χ1) is 19.7. The molecule has 0 amide bonds. The molecule has 2 atom stereocenters. The number of rotatable bonds is 11. The number of benzene rings is 2. The zero-order valence-corrected chi connectivity index (χ0v) is 24.8. The summed E-state index contributed by atoms with van der Waals surface area (Å²) in [6, 6.07) is 11.3. The molecule has 1 saturated carbocycles. The van der Waals surface area contributed by atoms with Crippen LogP contribution >= 0.6 is 0 Å². The van der Waals surface area contributed by atoms with Crippen molar-refractivity contribution in [2.24, 2.45) is 5.92 Å². The largest absolute Gasteiger partial charge is 0.493 e. The molecule has 0 spiro atoms. The Labute approximate surface area is 245 Å². The average molecular weight is 581 g/mol. The van der Waals surface area contributed by atoms with E-state index in [1.165, 1.54) is 12.1 Å². The molecule has 0 bridgehead atoms. The van der Waals surface area contributed by atoms with E-state index in [0.717, 1.165) is 26.0 Å². The molecule has 0 saturated heterocycles. The Morgan fingerprint density at radius 3 is 2.36 bits per heavy atom. The predicted molar refractivity (Wildman–Crippen MR) is 156 cm³/mol. The van der Waals surface area contributed by atoms with E-state index in [1.54, 1.807) is 37.3 Å². The van der Waals surface area contributed by atoms with E-state index >= 15 is 4.39 Å². The summed E-state index contributed by atoms with van der Waals surface area (Å²) < 4.78 is 36.0. The molecule has 3 aromatic rings. The fourth-order valence-corrected chi connectivity index (χ4v) is 5.67. The highest BCUT2D eigenvalue weighted by Gasteiger charge is 2.50. The number of hydrogen-bond donors (Lipinski definition) is 2. The van der Waals surface area contributed by atoms with Gasteiger partial charge in [0.05, 0.1) is 11.8 Å². The Morgan fingerprint density at radius 1 is 1.10 bits per heavy atom. The maximum Gasteiger partial charge on any atom is 0.343 e. The van der Waals surface area contributed by atoms with E-state index in [-0.39, 0.29) is 40.8 Å². The van der Waals surface area contributed by atoms with E-state index in [2.05, 4.69) is 37.6 Å². The molecule has 2 aromatic carbocycles. The van der Waals surface area contributed by atoms with Gasteiger partial charge in [0.1, 0.15) is 11.6 Å². The number of carboxylic acid groups (broad SMARTS) is 1. The second-order valence-corrected chi connectivity index (χ2v) is 11.9. The van der Waals surface area contributed by atoms with Crippen molar-refractivity contribution in [1.29, 1.82) is 0 Å². The van der Waals surface area contributed by atoms with Crippen molar-refractivity contribution >= 4 is 11.9 Å². The number of aryl methyl sites for hydroxylation is 1. The van der Waals surface area contributed by atoms with Gasteiger partial charge in [-0.2, -0.15) is 0 Å². The first-order valence-corrected chi connectivity index (χ1v) is 14.2. The van der Waals surface area contributed by atoms with Crippen LogP contribution in [-0.4, -0.2) is 49.8 Å². The number of alkyl halides is 1. The summed E-state index contributed by atoms with van der Waals surface area (Å²) in [4.78, 5) is 31.0. The van der Waals surface area contributed by atoms with E-state index < -0.39 is 29.3 Å². The summed E-state index contributed by atoms with van der Waals surface area (Å²) in [5.41, 5.74) is 0.141. The third-order valence-corrected chi connectivity index (χ3v) is 8.00. The maximum absolute atomic E-state index is 15.3. The third kappa shape index (κ3) is 6.62. The van der Waals surface area contributed by atoms with Crippen LogP contribution in [-0.2, 0) is 11.3 Å². The average Bonchev–Trinajstić information content (AvgIpc) is 3.73. The van der Waals surface area contributed by atoms with Crippen molar-refractivity contribution < 1.29 is 33.3 Å². The van der Waals surface area contributed by atoms with Crippen LogP contribution < -0.4 is 4.74 Å². The number of aromatic nitrogens is 1. The van der Waals surface area contributed by atoms with E-state index in [1.807, 2.05) is 0 Å². The molecule has 1 heterocycles. The number of halogens is 2. The molecule has 42 heavy (non-hydrogen) atoms. The Bertz CT molecular complexity index is 1480. The monoisotopic (exact) mass is 580 g/mol. The van der Waals surface area contributed by atoms with Crippen molar-refractivity contribution in [2.75, 3.05) is 0 Å². The van der Waals surface area contributed by atoms with Crippen LogP contribution in [0.15, 0.2) is 48.7 Å². The van der Waals surface area contributed by atoms with Gasteiger partial charge in [-0.05, 0) is 101 Å². The molecule has 0 radical (unpaired) electrons. The Kier molecular flexibility index (Phi) is 9.01. The lowest BCUT2D eigenvalue weighted by atomic mass is 9.81. The number of pyridine rings is 1. The van der Waals surface area contributed by atoms with Crippen molar-refractivity contribution in [1.82, 2.24) is 9.88 Å². The van der Waals surface area contributed by atoms with E-state index in [9.17, 15) is 24.2 Å². The minimum Gasteiger partial charge on any atom is -0.493 e. The highest BCUT2D eigenvalue weighted by Crippen LogP contribution is 2.50. The fourth-order valence-electron chi connectivity index (χ4n) is 5.67. The van der Waals surface area contributed by atoms with Gasteiger partial charge in [-0.3, -0.25) is 4.90 Å². The topological polar surface area (TPSA) is 100.0 Å². The zero-order chi connectivity index (χ0) is 30.9. The summed E-state index contributed by atoms with van der Waals surface area (Å²) in [7, 11) is 0. The lowest BCUT2D eigenvalue weighted by molar-refractivity contribution is -0.151. The number of aromatic hydroxyl groups is 1. The molecule has 1 aliphatic carbocycles. The molecule has 1 aliphatic rings. The second kappa shape index (κ2) is 12.2. The van der Waals surface area contributed by atoms with E-state index in [0.29, 0.717) is 28.8 Å².